The van der Waals surface area contributed by atoms with Gasteiger partial charge in [-0.3, -0.25) is 0 Å². The van der Waals surface area contributed by atoms with Crippen molar-refractivity contribution in [3.8, 4) is 16.9 Å². The summed E-state index contributed by atoms with van der Waals surface area (Å²) < 4.78 is 1.93. The zero-order valence-corrected chi connectivity index (χ0v) is 10.5. The summed E-state index contributed by atoms with van der Waals surface area (Å²) in [4.78, 5) is 4.85. The Morgan fingerprint density at radius 2 is 1.94 bits per heavy atom. The standard InChI is InChI=1S/C14H16N4/c1-16-5-7-17(8-6-16)12-4-2-3-11(9-12)13-10-18-14(13)15-18/h2-4,9-10H,5-8H2,1H3. The number of benzene rings is 1. The quantitative estimate of drug-likeness (QED) is 0.680. The van der Waals surface area contributed by atoms with Gasteiger partial charge in [0.25, 0.3) is 0 Å². The van der Waals surface area contributed by atoms with Crippen molar-refractivity contribution in [2.75, 3.05) is 38.1 Å². The molecule has 0 aromatic heterocycles. The summed E-state index contributed by atoms with van der Waals surface area (Å²) >= 11 is 0. The van der Waals surface area contributed by atoms with Gasteiger partial charge < -0.3 is 9.80 Å². The van der Waals surface area contributed by atoms with E-state index in [0.29, 0.717) is 0 Å². The first-order valence-corrected chi connectivity index (χ1v) is 6.45. The second-order valence-electron chi connectivity index (χ2n) is 5.15. The topological polar surface area (TPSA) is 24.3 Å². The Morgan fingerprint density at radius 3 is 2.61 bits per heavy atom. The second-order valence-corrected chi connectivity index (χ2v) is 5.15. The predicted molar refractivity (Wildman–Crippen MR) is 72.3 cm³/mol. The van der Waals surface area contributed by atoms with Crippen LogP contribution >= 0.6 is 0 Å². The normalized spacial score (nSPS) is 18.2. The third kappa shape index (κ3) is 1.53. The minimum Gasteiger partial charge on any atom is -0.369 e. The molecule has 3 aliphatic heterocycles. The number of nitrogens with zero attached hydrogens (tertiary/aromatic N) is 4. The second kappa shape index (κ2) is 3.59. The fourth-order valence-corrected chi connectivity index (χ4v) is 2.60. The summed E-state index contributed by atoms with van der Waals surface area (Å²) in [5, 5.41) is 4.21. The minimum atomic E-state index is 1.12. The third-order valence-electron chi connectivity index (χ3n) is 3.90. The van der Waals surface area contributed by atoms with E-state index < -0.39 is 0 Å². The fourth-order valence-electron chi connectivity index (χ4n) is 2.60. The van der Waals surface area contributed by atoms with E-state index >= 15 is 0 Å². The van der Waals surface area contributed by atoms with Crippen LogP contribution in [0.15, 0.2) is 30.5 Å². The zero-order valence-electron chi connectivity index (χ0n) is 10.5. The molecule has 0 radical (unpaired) electrons. The maximum absolute atomic E-state index is 4.21. The number of piperazine rings is 1. The van der Waals surface area contributed by atoms with Crippen LogP contribution in [0.4, 0.5) is 5.69 Å². The number of likely N-dealkylation sites (N-methyl/N-ethyl adjacent to an activating group) is 1. The number of fused-ring (bicyclic) bond motifs is 1. The molecule has 1 aromatic carbocycles. The van der Waals surface area contributed by atoms with Crippen molar-refractivity contribution in [2.45, 2.75) is 0 Å². The lowest BCUT2D eigenvalue weighted by atomic mass is 10.1. The molecule has 1 aromatic rings. The van der Waals surface area contributed by atoms with Crippen molar-refractivity contribution in [3.05, 3.63) is 30.5 Å². The average molecular weight is 240 g/mol. The first-order chi connectivity index (χ1) is 8.81. The summed E-state index contributed by atoms with van der Waals surface area (Å²) in [6.07, 6.45) is 2.10. The van der Waals surface area contributed by atoms with E-state index in [2.05, 4.69) is 52.4 Å². The van der Waals surface area contributed by atoms with E-state index in [-0.39, 0.29) is 0 Å². The van der Waals surface area contributed by atoms with Gasteiger partial charge in [0.1, 0.15) is 0 Å². The van der Waals surface area contributed by atoms with E-state index in [9.17, 15) is 0 Å². The van der Waals surface area contributed by atoms with E-state index in [1.807, 2.05) is 4.68 Å². The summed E-state index contributed by atoms with van der Waals surface area (Å²) in [6, 6.07) is 8.81. The van der Waals surface area contributed by atoms with Crippen molar-refractivity contribution in [3.63, 3.8) is 0 Å². The monoisotopic (exact) mass is 240 g/mol. The van der Waals surface area contributed by atoms with Crippen molar-refractivity contribution < 1.29 is 0 Å². The first kappa shape index (κ1) is 10.1. The third-order valence-corrected chi connectivity index (χ3v) is 3.90. The highest BCUT2D eigenvalue weighted by atomic mass is 15.5. The smallest absolute Gasteiger partial charge is 0.183 e. The van der Waals surface area contributed by atoms with Crippen LogP contribution in [0, 0.1) is 0 Å². The van der Waals surface area contributed by atoms with Gasteiger partial charge in [0.15, 0.2) is 5.82 Å². The largest absolute Gasteiger partial charge is 0.369 e. The van der Waals surface area contributed by atoms with Crippen molar-refractivity contribution >= 4 is 5.69 Å². The Labute approximate surface area is 106 Å². The van der Waals surface area contributed by atoms with Gasteiger partial charge in [-0.15, -0.1) is 5.10 Å². The van der Waals surface area contributed by atoms with Crippen LogP contribution in [-0.2, 0) is 0 Å². The number of hydrogen-bond donors (Lipinski definition) is 0. The van der Waals surface area contributed by atoms with Gasteiger partial charge in [-0.05, 0) is 24.7 Å². The molecule has 3 heterocycles. The van der Waals surface area contributed by atoms with E-state index in [4.69, 9.17) is 0 Å². The Morgan fingerprint density at radius 1 is 1.11 bits per heavy atom. The van der Waals surface area contributed by atoms with Gasteiger partial charge in [0.05, 0.1) is 0 Å². The molecular weight excluding hydrogens is 224 g/mol. The van der Waals surface area contributed by atoms with Gasteiger partial charge in [0, 0.05) is 43.6 Å². The van der Waals surface area contributed by atoms with Gasteiger partial charge in [-0.2, -0.15) is 0 Å². The van der Waals surface area contributed by atoms with Crippen molar-refractivity contribution in [2.24, 2.45) is 0 Å². The summed E-state index contributed by atoms with van der Waals surface area (Å²) in [6.45, 7) is 4.53. The molecule has 18 heavy (non-hydrogen) atoms. The molecule has 4 heteroatoms. The fraction of sp³-hybridized carbons (Fsp3) is 0.357. The molecule has 0 amide bonds. The van der Waals surface area contributed by atoms with Crippen LogP contribution in [0.3, 0.4) is 0 Å². The molecule has 92 valence electrons. The summed E-state index contributed by atoms with van der Waals surface area (Å²) in [5.74, 6) is 1.14. The molecule has 0 atom stereocenters. The number of anilines is 1. The zero-order chi connectivity index (χ0) is 12.1. The van der Waals surface area contributed by atoms with Crippen LogP contribution in [0.25, 0.3) is 16.9 Å². The molecule has 0 saturated carbocycles. The molecule has 1 fully saturated rings. The Bertz CT molecular complexity index is 594. The number of hydrogen-bond acceptors (Lipinski definition) is 3. The average Bonchev–Trinajstić information content (AvgIpc) is 3.01. The lowest BCUT2D eigenvalue weighted by Crippen LogP contribution is -2.44. The van der Waals surface area contributed by atoms with E-state index in [0.717, 1.165) is 32.0 Å². The predicted octanol–water partition coefficient (Wildman–Crippen LogP) is 1.60. The van der Waals surface area contributed by atoms with E-state index in [1.54, 1.807) is 0 Å². The molecule has 0 aliphatic carbocycles. The van der Waals surface area contributed by atoms with Crippen LogP contribution in [0.2, 0.25) is 0 Å². The van der Waals surface area contributed by atoms with Gasteiger partial charge >= 0.3 is 0 Å². The molecule has 0 bridgehead atoms. The highest BCUT2D eigenvalue weighted by molar-refractivity contribution is 5.78. The summed E-state index contributed by atoms with van der Waals surface area (Å²) in [5.41, 5.74) is 3.91. The van der Waals surface area contributed by atoms with Gasteiger partial charge in [-0.1, -0.05) is 12.1 Å². The van der Waals surface area contributed by atoms with Gasteiger partial charge in [-0.25, -0.2) is 4.68 Å². The Balaban J connectivity index is 1.60. The highest BCUT2D eigenvalue weighted by Crippen LogP contribution is 2.36. The molecule has 4 rings (SSSR count). The lowest BCUT2D eigenvalue weighted by molar-refractivity contribution is 0.313. The molecule has 0 unspecified atom stereocenters. The number of rotatable bonds is 2. The van der Waals surface area contributed by atoms with Crippen LogP contribution < -0.4 is 4.90 Å². The van der Waals surface area contributed by atoms with Crippen molar-refractivity contribution in [1.29, 1.82) is 0 Å². The molecule has 3 aliphatic rings. The van der Waals surface area contributed by atoms with Crippen LogP contribution in [0.1, 0.15) is 0 Å². The Hall–Kier alpha value is -1.81. The Kier molecular flexibility index (Phi) is 2.02. The maximum Gasteiger partial charge on any atom is 0.183 e. The van der Waals surface area contributed by atoms with E-state index in [1.165, 1.54) is 16.8 Å². The SMILES string of the molecule is CN1CCN(c2cccc(-c3cn4nc3-4)c2)CC1. The molecule has 1 saturated heterocycles. The highest BCUT2D eigenvalue weighted by Gasteiger charge is 2.25. The van der Waals surface area contributed by atoms with Crippen molar-refractivity contribution in [1.82, 2.24) is 14.7 Å². The van der Waals surface area contributed by atoms with Gasteiger partial charge in [0.2, 0.25) is 0 Å². The number of aromatic nitrogens is 2. The minimum absolute atomic E-state index is 1.12. The molecule has 0 spiro atoms. The maximum atomic E-state index is 4.21. The van der Waals surface area contributed by atoms with Crippen LogP contribution in [0.5, 0.6) is 0 Å². The lowest BCUT2D eigenvalue weighted by Gasteiger charge is -2.34. The molecular formula is C14H16N4. The molecule has 4 nitrogen and oxygen atoms in total. The summed E-state index contributed by atoms with van der Waals surface area (Å²) in [7, 11) is 2.19. The molecule has 0 N–H and O–H groups in total. The first-order valence-electron chi connectivity index (χ1n) is 6.45. The van der Waals surface area contributed by atoms with Crippen LogP contribution in [-0.4, -0.2) is 47.9 Å².